The van der Waals surface area contributed by atoms with Gasteiger partial charge in [0, 0.05) is 16.3 Å². The monoisotopic (exact) mass is 446 g/mol. The van der Waals surface area contributed by atoms with E-state index in [1.54, 1.807) is 24.0 Å². The summed E-state index contributed by atoms with van der Waals surface area (Å²) in [6.07, 6.45) is 0. The van der Waals surface area contributed by atoms with Crippen LogP contribution in [0.3, 0.4) is 0 Å². The summed E-state index contributed by atoms with van der Waals surface area (Å²) in [6, 6.07) is 12.5. The van der Waals surface area contributed by atoms with E-state index >= 15 is 0 Å². The maximum atomic E-state index is 13.1. The highest BCUT2D eigenvalue weighted by molar-refractivity contribution is 7.80. The molecule has 6 nitrogen and oxygen atoms in total. The lowest BCUT2D eigenvalue weighted by Crippen LogP contribution is -2.71. The van der Waals surface area contributed by atoms with Gasteiger partial charge in [-0.1, -0.05) is 29.8 Å². The fraction of sp³-hybridized carbons (Fsp3) is 0.364. The second kappa shape index (κ2) is 7.96. The number of ether oxygens (including phenoxy) is 3. The molecule has 0 unspecified atom stereocenters. The number of rotatable bonds is 5. The summed E-state index contributed by atoms with van der Waals surface area (Å²) in [5.41, 5.74) is 0.376. The number of nitrogens with one attached hydrogen (secondary N) is 1. The molecule has 0 radical (unpaired) electrons. The number of benzene rings is 2. The maximum absolute atomic E-state index is 13.1. The zero-order valence-corrected chi connectivity index (χ0v) is 18.5. The number of hydrogen-bond acceptors (Lipinski definition) is 5. The molecule has 0 spiro atoms. The lowest BCUT2D eigenvalue weighted by Gasteiger charge is -2.55. The molecule has 2 aromatic carbocycles. The smallest absolute Gasteiger partial charge is 0.317 e. The van der Waals surface area contributed by atoms with Gasteiger partial charge in [-0.25, -0.2) is 0 Å². The van der Waals surface area contributed by atoms with Crippen LogP contribution in [0, 0.1) is 5.92 Å². The molecule has 2 heterocycles. The van der Waals surface area contributed by atoms with Gasteiger partial charge >= 0.3 is 5.97 Å². The summed E-state index contributed by atoms with van der Waals surface area (Å²) in [5.74, 6) is 0.177. The molecule has 30 heavy (non-hydrogen) atoms. The second-order valence-corrected chi connectivity index (χ2v) is 8.06. The van der Waals surface area contributed by atoms with E-state index in [0.717, 1.165) is 5.56 Å². The van der Waals surface area contributed by atoms with Crippen molar-refractivity contribution in [2.24, 2.45) is 5.92 Å². The van der Waals surface area contributed by atoms with Crippen molar-refractivity contribution in [3.63, 3.8) is 0 Å². The molecule has 1 N–H and O–H groups in total. The Morgan fingerprint density at radius 3 is 2.73 bits per heavy atom. The first-order chi connectivity index (χ1) is 14.4. The van der Waals surface area contributed by atoms with Gasteiger partial charge in [0.25, 0.3) is 0 Å². The summed E-state index contributed by atoms with van der Waals surface area (Å²) < 4.78 is 17.8. The molecule has 1 saturated heterocycles. The van der Waals surface area contributed by atoms with Crippen LogP contribution in [0.15, 0.2) is 42.5 Å². The van der Waals surface area contributed by atoms with Gasteiger partial charge in [0.05, 0.1) is 19.3 Å². The highest BCUT2D eigenvalue weighted by atomic mass is 35.5. The molecule has 158 valence electrons. The molecule has 2 aliphatic rings. The first-order valence-electron chi connectivity index (χ1n) is 9.88. The number of esters is 1. The number of para-hydroxylation sites is 1. The second-order valence-electron chi connectivity index (χ2n) is 7.24. The van der Waals surface area contributed by atoms with Crippen molar-refractivity contribution in [2.45, 2.75) is 32.5 Å². The maximum Gasteiger partial charge on any atom is 0.317 e. The Kier molecular flexibility index (Phi) is 5.51. The van der Waals surface area contributed by atoms with Crippen molar-refractivity contribution in [3.8, 4) is 11.5 Å². The van der Waals surface area contributed by atoms with Crippen LogP contribution < -0.4 is 19.7 Å². The lowest BCUT2D eigenvalue weighted by atomic mass is 9.79. The Labute approximate surface area is 186 Å². The topological polar surface area (TPSA) is 60.0 Å². The van der Waals surface area contributed by atoms with E-state index in [2.05, 4.69) is 5.32 Å². The van der Waals surface area contributed by atoms with Crippen LogP contribution in [0.1, 0.15) is 32.4 Å². The van der Waals surface area contributed by atoms with Gasteiger partial charge in [0.2, 0.25) is 5.72 Å². The van der Waals surface area contributed by atoms with Crippen LogP contribution >= 0.6 is 23.8 Å². The summed E-state index contributed by atoms with van der Waals surface area (Å²) in [7, 11) is 0. The third kappa shape index (κ3) is 3.26. The van der Waals surface area contributed by atoms with Crippen LogP contribution in [0.25, 0.3) is 0 Å². The zero-order chi connectivity index (χ0) is 21.5. The molecule has 2 aromatic rings. The van der Waals surface area contributed by atoms with E-state index in [-0.39, 0.29) is 12.6 Å². The molecule has 4 rings (SSSR count). The van der Waals surface area contributed by atoms with E-state index in [1.165, 1.54) is 0 Å². The highest BCUT2D eigenvalue weighted by Crippen LogP contribution is 2.52. The van der Waals surface area contributed by atoms with Crippen molar-refractivity contribution >= 4 is 40.6 Å². The molecule has 2 aliphatic heterocycles. The Morgan fingerprint density at radius 2 is 2.03 bits per heavy atom. The fourth-order valence-corrected chi connectivity index (χ4v) is 4.83. The number of anilines is 1. The highest BCUT2D eigenvalue weighted by Gasteiger charge is 2.60. The van der Waals surface area contributed by atoms with E-state index < -0.39 is 17.7 Å². The molecule has 1 fully saturated rings. The Bertz CT molecular complexity index is 1000. The first-order valence-corrected chi connectivity index (χ1v) is 10.7. The Balaban J connectivity index is 1.91. The molecular weight excluding hydrogens is 424 g/mol. The Hall–Kier alpha value is -2.51. The normalized spacial score (nSPS) is 24.4. The van der Waals surface area contributed by atoms with Gasteiger partial charge in [0.15, 0.2) is 16.6 Å². The SMILES string of the molecule is CCOC(=O)[C@@H]1[C@H]2NC(=S)N(c3cccc(Cl)c3)[C@@]1(C)Oc1c(OCC)cccc12. The van der Waals surface area contributed by atoms with Crippen molar-refractivity contribution in [3.05, 3.63) is 53.1 Å². The van der Waals surface area contributed by atoms with E-state index in [9.17, 15) is 4.79 Å². The van der Waals surface area contributed by atoms with Crippen LogP contribution in [0.5, 0.6) is 11.5 Å². The summed E-state index contributed by atoms with van der Waals surface area (Å²) >= 11 is 11.9. The molecular formula is C22H23ClN2O4S. The third-order valence-electron chi connectivity index (χ3n) is 5.40. The number of thiocarbonyl (C=S) groups is 1. The predicted octanol–water partition coefficient (Wildman–Crippen LogP) is 4.46. The van der Waals surface area contributed by atoms with Gasteiger partial charge in [-0.05, 0) is 57.3 Å². The molecule has 0 aliphatic carbocycles. The fourth-order valence-electron chi connectivity index (χ4n) is 4.24. The molecule has 2 bridgehead atoms. The van der Waals surface area contributed by atoms with Crippen LogP contribution in [-0.2, 0) is 9.53 Å². The number of carbonyl (C=O) groups excluding carboxylic acids is 1. The summed E-state index contributed by atoms with van der Waals surface area (Å²) in [5, 5.41) is 4.33. The van der Waals surface area contributed by atoms with E-state index in [4.69, 9.17) is 38.0 Å². The number of fused-ring (bicyclic) bond motifs is 4. The van der Waals surface area contributed by atoms with Gasteiger partial charge in [-0.3, -0.25) is 9.69 Å². The number of hydrogen-bond donors (Lipinski definition) is 1. The number of nitrogens with zero attached hydrogens (tertiary/aromatic N) is 1. The molecule has 0 amide bonds. The quantitative estimate of drug-likeness (QED) is 0.537. The standard InChI is InChI=1S/C22H23ClN2O4S/c1-4-27-16-11-7-10-15-18-17(20(26)28-5-2)22(3,29-19(15)16)25(21(30)24-18)14-9-6-8-13(23)12-14/h6-12,17-18H,4-5H2,1-3H3,(H,24,30)/t17-,18-,22-/m0/s1. The van der Waals surface area contributed by atoms with Gasteiger partial charge in [-0.15, -0.1) is 0 Å². The average molecular weight is 447 g/mol. The van der Waals surface area contributed by atoms with Gasteiger partial charge in [-0.2, -0.15) is 0 Å². The van der Waals surface area contributed by atoms with Gasteiger partial charge < -0.3 is 19.5 Å². The largest absolute Gasteiger partial charge is 0.490 e. The van der Waals surface area contributed by atoms with E-state index in [0.29, 0.717) is 33.9 Å². The first kappa shape index (κ1) is 20.8. The Morgan fingerprint density at radius 1 is 1.27 bits per heavy atom. The minimum Gasteiger partial charge on any atom is -0.490 e. The average Bonchev–Trinajstić information content (AvgIpc) is 2.68. The minimum absolute atomic E-state index is 0.269. The van der Waals surface area contributed by atoms with Crippen molar-refractivity contribution < 1.29 is 19.0 Å². The van der Waals surface area contributed by atoms with Crippen molar-refractivity contribution in [1.29, 1.82) is 0 Å². The molecule has 3 atom stereocenters. The number of carbonyl (C=O) groups is 1. The van der Waals surface area contributed by atoms with E-state index in [1.807, 2.05) is 44.2 Å². The molecule has 8 heteroatoms. The molecule has 0 saturated carbocycles. The number of halogens is 1. The lowest BCUT2D eigenvalue weighted by molar-refractivity contribution is -0.159. The predicted molar refractivity (Wildman–Crippen MR) is 119 cm³/mol. The minimum atomic E-state index is -1.15. The van der Waals surface area contributed by atoms with Crippen molar-refractivity contribution in [1.82, 2.24) is 5.32 Å². The third-order valence-corrected chi connectivity index (χ3v) is 5.93. The van der Waals surface area contributed by atoms with Crippen LogP contribution in [0.2, 0.25) is 5.02 Å². The van der Waals surface area contributed by atoms with Crippen LogP contribution in [0.4, 0.5) is 5.69 Å². The van der Waals surface area contributed by atoms with Crippen molar-refractivity contribution in [2.75, 3.05) is 18.1 Å². The zero-order valence-electron chi connectivity index (χ0n) is 17.0. The summed E-state index contributed by atoms with van der Waals surface area (Å²) in [6.45, 7) is 6.31. The van der Waals surface area contributed by atoms with Gasteiger partial charge in [0.1, 0.15) is 5.92 Å². The molecule has 0 aromatic heterocycles. The summed E-state index contributed by atoms with van der Waals surface area (Å²) in [4.78, 5) is 14.9. The van der Waals surface area contributed by atoms with Crippen LogP contribution in [-0.4, -0.2) is 30.0 Å².